The van der Waals surface area contributed by atoms with Crippen molar-refractivity contribution in [3.05, 3.63) is 41.5 Å². The van der Waals surface area contributed by atoms with Crippen molar-refractivity contribution < 1.29 is 4.79 Å². The van der Waals surface area contributed by atoms with Crippen LogP contribution in [0.4, 0.5) is 5.69 Å². The lowest BCUT2D eigenvalue weighted by atomic mass is 10.0. The van der Waals surface area contributed by atoms with Crippen LogP contribution in [0.5, 0.6) is 0 Å². The van der Waals surface area contributed by atoms with E-state index in [1.165, 1.54) is 11.1 Å². The second-order valence-corrected chi connectivity index (χ2v) is 5.75. The normalized spacial score (nSPS) is 26.4. The molecule has 2 heteroatoms. The molecule has 19 heavy (non-hydrogen) atoms. The molecule has 0 radical (unpaired) electrons. The molecule has 0 saturated heterocycles. The van der Waals surface area contributed by atoms with Crippen molar-refractivity contribution >= 4 is 11.6 Å². The van der Waals surface area contributed by atoms with E-state index in [0.717, 1.165) is 37.8 Å². The molecule has 2 heterocycles. The third kappa shape index (κ3) is 2.44. The predicted octanol–water partition coefficient (Wildman–Crippen LogP) is 3.85. The summed E-state index contributed by atoms with van der Waals surface area (Å²) in [6.45, 7) is 2.20. The molecule has 1 atom stereocenters. The summed E-state index contributed by atoms with van der Waals surface area (Å²) in [5, 5.41) is 0. The summed E-state index contributed by atoms with van der Waals surface area (Å²) in [6, 6.07) is 8.70. The molecule has 0 aromatic heterocycles. The molecule has 1 aromatic carbocycles. The molecule has 0 bridgehead atoms. The fourth-order valence-electron chi connectivity index (χ4n) is 3.31. The number of carbonyl (C=O) groups is 1. The van der Waals surface area contributed by atoms with E-state index in [1.807, 2.05) is 6.07 Å². The Kier molecular flexibility index (Phi) is 3.41. The predicted molar refractivity (Wildman–Crippen MR) is 78.3 cm³/mol. The third-order valence-electron chi connectivity index (χ3n) is 4.24. The number of allylic oxidation sites excluding steroid dienone is 1. The standard InChI is InChI=1S/C17H21NO/c1-13-7-3-2-4-10-17(19)18-15(11-13)12-14-8-5-6-9-16(14)18/h5-9,15H,2-4,10-12H2,1H3/b13-7+. The van der Waals surface area contributed by atoms with Gasteiger partial charge in [0, 0.05) is 18.2 Å². The molecule has 3 rings (SSSR count). The van der Waals surface area contributed by atoms with Crippen LogP contribution in [-0.2, 0) is 11.2 Å². The Hall–Kier alpha value is -1.57. The zero-order valence-corrected chi connectivity index (χ0v) is 11.6. The van der Waals surface area contributed by atoms with Crippen LogP contribution in [0.3, 0.4) is 0 Å². The number of rotatable bonds is 0. The number of benzene rings is 1. The van der Waals surface area contributed by atoms with Gasteiger partial charge in [0.2, 0.25) is 5.91 Å². The number of amides is 1. The maximum absolute atomic E-state index is 12.5. The molecule has 100 valence electrons. The number of para-hydroxylation sites is 1. The van der Waals surface area contributed by atoms with Crippen LogP contribution in [0.15, 0.2) is 35.9 Å². The van der Waals surface area contributed by atoms with Crippen LogP contribution in [0.1, 0.15) is 44.6 Å². The van der Waals surface area contributed by atoms with Crippen molar-refractivity contribution in [1.29, 1.82) is 0 Å². The van der Waals surface area contributed by atoms with Crippen molar-refractivity contribution in [3.63, 3.8) is 0 Å². The van der Waals surface area contributed by atoms with Gasteiger partial charge in [-0.3, -0.25) is 4.79 Å². The minimum absolute atomic E-state index is 0.310. The van der Waals surface area contributed by atoms with E-state index in [1.54, 1.807) is 0 Å². The van der Waals surface area contributed by atoms with E-state index in [-0.39, 0.29) is 0 Å². The van der Waals surface area contributed by atoms with Gasteiger partial charge in [-0.05, 0) is 50.7 Å². The molecule has 0 fully saturated rings. The number of fused-ring (bicyclic) bond motifs is 3. The summed E-state index contributed by atoms with van der Waals surface area (Å²) in [4.78, 5) is 14.6. The summed E-state index contributed by atoms with van der Waals surface area (Å²) in [5.41, 5.74) is 3.90. The molecule has 1 aromatic rings. The minimum atomic E-state index is 0.310. The van der Waals surface area contributed by atoms with Gasteiger partial charge >= 0.3 is 0 Å². The third-order valence-corrected chi connectivity index (χ3v) is 4.24. The Morgan fingerprint density at radius 1 is 1.16 bits per heavy atom. The van der Waals surface area contributed by atoms with Gasteiger partial charge in [0.15, 0.2) is 0 Å². The van der Waals surface area contributed by atoms with Gasteiger partial charge in [-0.2, -0.15) is 0 Å². The molecule has 0 aliphatic carbocycles. The molecule has 2 aliphatic rings. The summed E-state index contributed by atoms with van der Waals surface area (Å²) in [7, 11) is 0. The van der Waals surface area contributed by atoms with Crippen molar-refractivity contribution in [3.8, 4) is 0 Å². The Morgan fingerprint density at radius 3 is 2.89 bits per heavy atom. The molecule has 0 saturated carbocycles. The Bertz CT molecular complexity index is 518. The fourth-order valence-corrected chi connectivity index (χ4v) is 3.31. The van der Waals surface area contributed by atoms with E-state index < -0.39 is 0 Å². The number of anilines is 1. The lowest BCUT2D eigenvalue weighted by molar-refractivity contribution is -0.119. The fraction of sp³-hybridized carbons (Fsp3) is 0.471. The summed E-state index contributed by atoms with van der Waals surface area (Å²) in [5.74, 6) is 0.310. The average Bonchev–Trinajstić information content (AvgIpc) is 2.75. The highest BCUT2D eigenvalue weighted by Crippen LogP contribution is 2.35. The summed E-state index contributed by atoms with van der Waals surface area (Å²) >= 11 is 0. The zero-order chi connectivity index (χ0) is 13.2. The minimum Gasteiger partial charge on any atom is -0.308 e. The largest absolute Gasteiger partial charge is 0.308 e. The topological polar surface area (TPSA) is 20.3 Å². The van der Waals surface area contributed by atoms with Crippen molar-refractivity contribution in [1.82, 2.24) is 0 Å². The molecule has 1 unspecified atom stereocenters. The van der Waals surface area contributed by atoms with Gasteiger partial charge in [0.25, 0.3) is 0 Å². The van der Waals surface area contributed by atoms with Crippen LogP contribution in [0.25, 0.3) is 0 Å². The van der Waals surface area contributed by atoms with Gasteiger partial charge in [0.1, 0.15) is 0 Å². The molecular weight excluding hydrogens is 234 g/mol. The lowest BCUT2D eigenvalue weighted by Crippen LogP contribution is -2.38. The zero-order valence-electron chi connectivity index (χ0n) is 11.6. The van der Waals surface area contributed by atoms with Gasteiger partial charge < -0.3 is 4.90 Å². The summed E-state index contributed by atoms with van der Waals surface area (Å²) in [6.07, 6.45) is 8.33. The van der Waals surface area contributed by atoms with E-state index in [9.17, 15) is 4.79 Å². The van der Waals surface area contributed by atoms with Gasteiger partial charge in [0.05, 0.1) is 0 Å². The number of hydrogen-bond acceptors (Lipinski definition) is 1. The lowest BCUT2D eigenvalue weighted by Gasteiger charge is -2.27. The van der Waals surface area contributed by atoms with Gasteiger partial charge in [-0.1, -0.05) is 29.8 Å². The van der Waals surface area contributed by atoms with Crippen molar-refractivity contribution in [2.75, 3.05) is 4.90 Å². The van der Waals surface area contributed by atoms with Crippen LogP contribution in [-0.4, -0.2) is 11.9 Å². The average molecular weight is 255 g/mol. The number of carbonyl (C=O) groups excluding carboxylic acids is 1. The van der Waals surface area contributed by atoms with E-state index in [4.69, 9.17) is 0 Å². The smallest absolute Gasteiger partial charge is 0.227 e. The van der Waals surface area contributed by atoms with Gasteiger partial charge in [-0.25, -0.2) is 0 Å². The highest BCUT2D eigenvalue weighted by atomic mass is 16.2. The van der Waals surface area contributed by atoms with Crippen molar-refractivity contribution in [2.45, 2.75) is 51.5 Å². The second-order valence-electron chi connectivity index (χ2n) is 5.75. The Balaban J connectivity index is 1.95. The van der Waals surface area contributed by atoms with Crippen LogP contribution in [0.2, 0.25) is 0 Å². The quantitative estimate of drug-likeness (QED) is 0.645. The van der Waals surface area contributed by atoms with Crippen LogP contribution >= 0.6 is 0 Å². The molecule has 1 amide bonds. The van der Waals surface area contributed by atoms with Crippen LogP contribution in [0, 0.1) is 0 Å². The Labute approximate surface area is 115 Å². The first kappa shape index (κ1) is 12.5. The highest BCUT2D eigenvalue weighted by molar-refractivity contribution is 5.96. The maximum Gasteiger partial charge on any atom is 0.227 e. The maximum atomic E-state index is 12.5. The first-order valence-electron chi connectivity index (χ1n) is 7.31. The molecule has 2 nitrogen and oxygen atoms in total. The molecular formula is C17H21NO. The van der Waals surface area contributed by atoms with Crippen LogP contribution < -0.4 is 4.90 Å². The SMILES string of the molecule is C/C1=C\CCCCC(=O)N2c3ccccc3CC2C1. The summed E-state index contributed by atoms with van der Waals surface area (Å²) < 4.78 is 0. The van der Waals surface area contributed by atoms with E-state index in [2.05, 4.69) is 36.1 Å². The monoisotopic (exact) mass is 255 g/mol. The first-order valence-corrected chi connectivity index (χ1v) is 7.31. The van der Waals surface area contributed by atoms with E-state index in [0.29, 0.717) is 18.4 Å². The van der Waals surface area contributed by atoms with E-state index >= 15 is 0 Å². The Morgan fingerprint density at radius 2 is 2.00 bits per heavy atom. The van der Waals surface area contributed by atoms with Crippen molar-refractivity contribution in [2.24, 2.45) is 0 Å². The number of hydrogen-bond donors (Lipinski definition) is 0. The number of nitrogens with zero attached hydrogens (tertiary/aromatic N) is 1. The first-order chi connectivity index (χ1) is 9.25. The molecule has 2 aliphatic heterocycles. The molecule has 0 spiro atoms. The second kappa shape index (κ2) is 5.20. The van der Waals surface area contributed by atoms with Gasteiger partial charge in [-0.15, -0.1) is 0 Å². The molecule has 0 N–H and O–H groups in total. The highest BCUT2D eigenvalue weighted by Gasteiger charge is 2.33.